The number of aliphatic hydroxyl groups is 1. The molecule has 1 fully saturated rings. The average molecular weight is 328 g/mol. The van der Waals surface area contributed by atoms with E-state index in [-0.39, 0.29) is 12.5 Å². The summed E-state index contributed by atoms with van der Waals surface area (Å²) in [6.07, 6.45) is 0. The van der Waals surface area contributed by atoms with Crippen LogP contribution in [0.1, 0.15) is 0 Å². The summed E-state index contributed by atoms with van der Waals surface area (Å²) < 4.78 is 5.21. The van der Waals surface area contributed by atoms with E-state index < -0.39 is 0 Å². The van der Waals surface area contributed by atoms with Crippen LogP contribution < -0.4 is 10.1 Å². The lowest BCUT2D eigenvalue weighted by molar-refractivity contribution is -0.117. The van der Waals surface area contributed by atoms with Crippen LogP contribution in [0.2, 0.25) is 5.02 Å². The smallest absolute Gasteiger partial charge is 0.238 e. The molecule has 0 radical (unpaired) electrons. The molecule has 1 amide bonds. The van der Waals surface area contributed by atoms with Gasteiger partial charge in [0.15, 0.2) is 0 Å². The number of amides is 1. The minimum absolute atomic E-state index is 0.0869. The second-order valence-electron chi connectivity index (χ2n) is 5.23. The van der Waals surface area contributed by atoms with Crippen LogP contribution in [-0.4, -0.2) is 73.8 Å². The third kappa shape index (κ3) is 4.84. The summed E-state index contributed by atoms with van der Waals surface area (Å²) in [7, 11) is 1.55. The van der Waals surface area contributed by atoms with Gasteiger partial charge in [0.05, 0.1) is 25.9 Å². The molecule has 22 heavy (non-hydrogen) atoms. The van der Waals surface area contributed by atoms with E-state index in [1.807, 2.05) is 0 Å². The van der Waals surface area contributed by atoms with Gasteiger partial charge in [-0.25, -0.2) is 0 Å². The Morgan fingerprint density at radius 1 is 1.32 bits per heavy atom. The molecule has 2 rings (SSSR count). The molecule has 1 aliphatic heterocycles. The van der Waals surface area contributed by atoms with E-state index in [1.165, 1.54) is 0 Å². The normalized spacial score (nSPS) is 16.5. The number of nitrogens with zero attached hydrogens (tertiary/aromatic N) is 2. The number of nitrogens with one attached hydrogen (secondary N) is 1. The molecular weight excluding hydrogens is 306 g/mol. The van der Waals surface area contributed by atoms with Crippen molar-refractivity contribution < 1.29 is 14.6 Å². The van der Waals surface area contributed by atoms with E-state index in [2.05, 4.69) is 15.1 Å². The highest BCUT2D eigenvalue weighted by Gasteiger charge is 2.19. The van der Waals surface area contributed by atoms with Crippen LogP contribution in [0.15, 0.2) is 18.2 Å². The molecule has 0 atom stereocenters. The van der Waals surface area contributed by atoms with Crippen molar-refractivity contribution in [1.82, 2.24) is 9.80 Å². The molecule has 0 aliphatic carbocycles. The van der Waals surface area contributed by atoms with Gasteiger partial charge in [0.2, 0.25) is 5.91 Å². The fourth-order valence-corrected chi connectivity index (χ4v) is 2.66. The first-order chi connectivity index (χ1) is 10.6. The number of piperazine rings is 1. The first-order valence-electron chi connectivity index (χ1n) is 7.31. The van der Waals surface area contributed by atoms with Crippen molar-refractivity contribution in [2.75, 3.05) is 58.3 Å². The van der Waals surface area contributed by atoms with Crippen molar-refractivity contribution in [2.24, 2.45) is 0 Å². The molecular formula is C15H22ClN3O3. The van der Waals surface area contributed by atoms with Crippen molar-refractivity contribution in [1.29, 1.82) is 0 Å². The molecule has 0 spiro atoms. The quantitative estimate of drug-likeness (QED) is 0.812. The average Bonchev–Trinajstić information content (AvgIpc) is 2.50. The fourth-order valence-electron chi connectivity index (χ4n) is 2.48. The number of hydrogen-bond donors (Lipinski definition) is 2. The van der Waals surface area contributed by atoms with E-state index >= 15 is 0 Å². The predicted octanol–water partition coefficient (Wildman–Crippen LogP) is 0.897. The van der Waals surface area contributed by atoms with Gasteiger partial charge in [-0.05, 0) is 18.2 Å². The van der Waals surface area contributed by atoms with E-state index in [1.54, 1.807) is 25.3 Å². The molecule has 2 N–H and O–H groups in total. The fraction of sp³-hybridized carbons (Fsp3) is 0.533. The van der Waals surface area contributed by atoms with Crippen LogP contribution in [0.25, 0.3) is 0 Å². The van der Waals surface area contributed by atoms with Gasteiger partial charge < -0.3 is 15.2 Å². The minimum Gasteiger partial charge on any atom is -0.495 e. The minimum atomic E-state index is -0.0869. The summed E-state index contributed by atoms with van der Waals surface area (Å²) in [4.78, 5) is 16.4. The number of carbonyl (C=O) groups is 1. The molecule has 6 nitrogen and oxygen atoms in total. The van der Waals surface area contributed by atoms with Crippen LogP contribution in [0.4, 0.5) is 5.69 Å². The van der Waals surface area contributed by atoms with Gasteiger partial charge in [0.1, 0.15) is 5.75 Å². The van der Waals surface area contributed by atoms with Gasteiger partial charge in [0, 0.05) is 37.7 Å². The third-order valence-corrected chi connectivity index (χ3v) is 3.92. The maximum atomic E-state index is 12.2. The summed E-state index contributed by atoms with van der Waals surface area (Å²) in [5.74, 6) is 0.502. The summed E-state index contributed by atoms with van der Waals surface area (Å²) >= 11 is 5.95. The van der Waals surface area contributed by atoms with Gasteiger partial charge in [0.25, 0.3) is 0 Å². The second kappa shape index (κ2) is 8.33. The topological polar surface area (TPSA) is 65.0 Å². The van der Waals surface area contributed by atoms with E-state index in [4.69, 9.17) is 21.4 Å². The number of carbonyl (C=O) groups excluding carboxylic acids is 1. The molecule has 0 unspecified atom stereocenters. The number of rotatable bonds is 6. The molecule has 0 bridgehead atoms. The van der Waals surface area contributed by atoms with Crippen LogP contribution in [0.5, 0.6) is 5.75 Å². The van der Waals surface area contributed by atoms with E-state index in [0.717, 1.165) is 26.2 Å². The number of ether oxygens (including phenoxy) is 1. The van der Waals surface area contributed by atoms with E-state index in [0.29, 0.717) is 29.5 Å². The zero-order valence-corrected chi connectivity index (χ0v) is 13.5. The molecule has 0 saturated carbocycles. The lowest BCUT2D eigenvalue weighted by atomic mass is 10.2. The van der Waals surface area contributed by atoms with Crippen LogP contribution in [0, 0.1) is 0 Å². The summed E-state index contributed by atoms with van der Waals surface area (Å²) in [5.41, 5.74) is 0.582. The van der Waals surface area contributed by atoms with Crippen LogP contribution in [0.3, 0.4) is 0 Å². The van der Waals surface area contributed by atoms with Crippen molar-refractivity contribution in [2.45, 2.75) is 0 Å². The highest BCUT2D eigenvalue weighted by Crippen LogP contribution is 2.27. The number of hydrogen-bond acceptors (Lipinski definition) is 5. The number of β-amino-alcohol motifs (C(OH)–C–C–N with tert-alkyl or cyclic N) is 1. The Morgan fingerprint density at radius 3 is 2.64 bits per heavy atom. The Labute approximate surface area is 135 Å². The maximum Gasteiger partial charge on any atom is 0.238 e. The lowest BCUT2D eigenvalue weighted by Crippen LogP contribution is -2.49. The van der Waals surface area contributed by atoms with Crippen molar-refractivity contribution in [3.63, 3.8) is 0 Å². The third-order valence-electron chi connectivity index (χ3n) is 3.68. The molecule has 1 heterocycles. The monoisotopic (exact) mass is 327 g/mol. The highest BCUT2D eigenvalue weighted by atomic mass is 35.5. The first-order valence-corrected chi connectivity index (χ1v) is 7.69. The Morgan fingerprint density at radius 2 is 2.00 bits per heavy atom. The van der Waals surface area contributed by atoms with Gasteiger partial charge in [-0.2, -0.15) is 0 Å². The van der Waals surface area contributed by atoms with Crippen LogP contribution in [-0.2, 0) is 4.79 Å². The molecule has 1 saturated heterocycles. The van der Waals surface area contributed by atoms with E-state index in [9.17, 15) is 4.79 Å². The van der Waals surface area contributed by atoms with Crippen molar-refractivity contribution >= 4 is 23.2 Å². The lowest BCUT2D eigenvalue weighted by Gasteiger charge is -2.33. The molecule has 0 aromatic heterocycles. The Bertz CT molecular complexity index is 505. The first kappa shape index (κ1) is 17.0. The summed E-state index contributed by atoms with van der Waals surface area (Å²) in [6, 6.07) is 5.12. The summed E-state index contributed by atoms with van der Waals surface area (Å²) in [5, 5.41) is 12.3. The number of halogens is 1. The zero-order chi connectivity index (χ0) is 15.9. The number of aliphatic hydroxyl groups excluding tert-OH is 1. The number of benzene rings is 1. The standard InChI is InChI=1S/C15H22ClN3O3/c1-22-14-3-2-12(16)10-13(14)17-15(21)11-19-6-4-18(5-7-19)8-9-20/h2-3,10,20H,4-9,11H2,1H3,(H,17,21). The number of anilines is 1. The number of methoxy groups -OCH3 is 1. The van der Waals surface area contributed by atoms with Gasteiger partial charge in [-0.15, -0.1) is 0 Å². The molecule has 1 aromatic rings. The molecule has 1 aliphatic rings. The Balaban J connectivity index is 1.85. The zero-order valence-electron chi connectivity index (χ0n) is 12.7. The second-order valence-corrected chi connectivity index (χ2v) is 5.67. The highest BCUT2D eigenvalue weighted by molar-refractivity contribution is 6.31. The van der Waals surface area contributed by atoms with Crippen molar-refractivity contribution in [3.8, 4) is 5.75 Å². The predicted molar refractivity (Wildman–Crippen MR) is 86.6 cm³/mol. The maximum absolute atomic E-state index is 12.2. The Kier molecular flexibility index (Phi) is 6.45. The van der Waals surface area contributed by atoms with Gasteiger partial charge >= 0.3 is 0 Å². The molecule has 122 valence electrons. The van der Waals surface area contributed by atoms with Crippen molar-refractivity contribution in [3.05, 3.63) is 23.2 Å². The molecule has 7 heteroatoms. The van der Waals surface area contributed by atoms with Gasteiger partial charge in [-0.3, -0.25) is 14.6 Å². The van der Waals surface area contributed by atoms with Gasteiger partial charge in [-0.1, -0.05) is 11.6 Å². The molecule has 1 aromatic carbocycles. The van der Waals surface area contributed by atoms with Crippen LogP contribution >= 0.6 is 11.6 Å². The Hall–Kier alpha value is -1.34. The SMILES string of the molecule is COc1ccc(Cl)cc1NC(=O)CN1CCN(CCO)CC1. The largest absolute Gasteiger partial charge is 0.495 e. The summed E-state index contributed by atoms with van der Waals surface area (Å²) in [6.45, 7) is 4.58.